The number of nitrogens with one attached hydrogen (secondary N) is 3. The minimum Gasteiger partial charge on any atom is -0.358 e. The van der Waals surface area contributed by atoms with Gasteiger partial charge in [0.15, 0.2) is 0 Å². The standard InChI is InChI=1S/C15H14ClN5S/c1-17-14-19-15(21-20-14)18-10-7-8-13(12(16)9-10)22-11-5-3-2-4-6-11/h2-9H,1H3,(H3,17,18,19,20,21). The molecule has 0 radical (unpaired) electrons. The predicted molar refractivity (Wildman–Crippen MR) is 91.2 cm³/mol. The van der Waals surface area contributed by atoms with Gasteiger partial charge in [-0.25, -0.2) is 5.10 Å². The first-order valence-corrected chi connectivity index (χ1v) is 7.83. The van der Waals surface area contributed by atoms with Crippen LogP contribution >= 0.6 is 23.4 Å². The van der Waals surface area contributed by atoms with E-state index in [9.17, 15) is 0 Å². The molecule has 0 unspecified atom stereocenters. The van der Waals surface area contributed by atoms with Gasteiger partial charge in [0.2, 0.25) is 11.9 Å². The first-order chi connectivity index (χ1) is 10.7. The molecule has 3 rings (SSSR count). The van der Waals surface area contributed by atoms with Crippen LogP contribution < -0.4 is 10.6 Å². The number of aromatic amines is 1. The topological polar surface area (TPSA) is 65.6 Å². The normalized spacial score (nSPS) is 10.5. The molecular weight excluding hydrogens is 318 g/mol. The van der Waals surface area contributed by atoms with Crippen LogP contribution in [0, 0.1) is 0 Å². The monoisotopic (exact) mass is 331 g/mol. The van der Waals surface area contributed by atoms with Crippen LogP contribution in [0.1, 0.15) is 0 Å². The molecule has 3 aromatic rings. The van der Waals surface area contributed by atoms with Gasteiger partial charge in [0, 0.05) is 22.5 Å². The Morgan fingerprint density at radius 3 is 2.64 bits per heavy atom. The van der Waals surface area contributed by atoms with E-state index in [2.05, 4.69) is 37.9 Å². The number of benzene rings is 2. The van der Waals surface area contributed by atoms with Gasteiger partial charge < -0.3 is 10.6 Å². The quantitative estimate of drug-likeness (QED) is 0.647. The molecule has 0 saturated heterocycles. The summed E-state index contributed by atoms with van der Waals surface area (Å²) < 4.78 is 0. The molecule has 0 aliphatic rings. The lowest BCUT2D eigenvalue weighted by molar-refractivity contribution is 1.09. The molecule has 1 aromatic heterocycles. The Morgan fingerprint density at radius 2 is 1.95 bits per heavy atom. The molecule has 2 aromatic carbocycles. The van der Waals surface area contributed by atoms with Crippen molar-refractivity contribution in [3.8, 4) is 0 Å². The van der Waals surface area contributed by atoms with E-state index < -0.39 is 0 Å². The van der Waals surface area contributed by atoms with Crippen molar-refractivity contribution >= 4 is 40.9 Å². The maximum atomic E-state index is 6.36. The zero-order chi connectivity index (χ0) is 15.4. The van der Waals surface area contributed by atoms with Gasteiger partial charge in [0.05, 0.1) is 5.02 Å². The highest BCUT2D eigenvalue weighted by Crippen LogP contribution is 2.35. The van der Waals surface area contributed by atoms with Crippen LogP contribution in [0.15, 0.2) is 58.3 Å². The molecule has 0 atom stereocenters. The maximum absolute atomic E-state index is 6.36. The van der Waals surface area contributed by atoms with Gasteiger partial charge >= 0.3 is 0 Å². The molecule has 5 nitrogen and oxygen atoms in total. The second kappa shape index (κ2) is 6.72. The number of nitrogens with zero attached hydrogens (tertiary/aromatic N) is 2. The molecule has 1 heterocycles. The van der Waals surface area contributed by atoms with E-state index in [0.717, 1.165) is 15.5 Å². The molecule has 0 spiro atoms. The number of anilines is 3. The molecule has 22 heavy (non-hydrogen) atoms. The molecule has 112 valence electrons. The average molecular weight is 332 g/mol. The van der Waals surface area contributed by atoms with E-state index in [1.54, 1.807) is 18.8 Å². The lowest BCUT2D eigenvalue weighted by Gasteiger charge is -2.07. The Balaban J connectivity index is 1.74. The summed E-state index contributed by atoms with van der Waals surface area (Å²) in [5.41, 5.74) is 0.837. The van der Waals surface area contributed by atoms with E-state index >= 15 is 0 Å². The molecule has 3 N–H and O–H groups in total. The largest absolute Gasteiger partial charge is 0.358 e. The molecule has 0 amide bonds. The van der Waals surface area contributed by atoms with Crippen LogP contribution in [0.25, 0.3) is 0 Å². The van der Waals surface area contributed by atoms with Crippen molar-refractivity contribution < 1.29 is 0 Å². The van der Waals surface area contributed by atoms with Crippen molar-refractivity contribution in [2.24, 2.45) is 0 Å². The second-order valence-corrected chi connectivity index (χ2v) is 5.97. The molecule has 7 heteroatoms. The van der Waals surface area contributed by atoms with E-state index in [4.69, 9.17) is 11.6 Å². The summed E-state index contributed by atoms with van der Waals surface area (Å²) in [4.78, 5) is 6.36. The van der Waals surface area contributed by atoms with Crippen molar-refractivity contribution in [1.82, 2.24) is 15.2 Å². The van der Waals surface area contributed by atoms with Crippen molar-refractivity contribution in [3.05, 3.63) is 53.6 Å². The second-order valence-electron chi connectivity index (χ2n) is 4.44. The zero-order valence-electron chi connectivity index (χ0n) is 11.8. The highest BCUT2D eigenvalue weighted by molar-refractivity contribution is 7.99. The fraction of sp³-hybridized carbons (Fsp3) is 0.0667. The van der Waals surface area contributed by atoms with Crippen LogP contribution in [0.5, 0.6) is 0 Å². The van der Waals surface area contributed by atoms with Gasteiger partial charge in [-0.3, -0.25) is 0 Å². The first kappa shape index (κ1) is 14.7. The Hall–Kier alpha value is -2.18. The summed E-state index contributed by atoms with van der Waals surface area (Å²) in [5.74, 6) is 1.09. The van der Waals surface area contributed by atoms with Crippen LogP contribution in [0.2, 0.25) is 5.02 Å². The summed E-state index contributed by atoms with van der Waals surface area (Å²) in [6.45, 7) is 0. The number of H-pyrrole nitrogens is 1. The predicted octanol–water partition coefficient (Wildman–Crippen LogP) is 4.39. The third-order valence-corrected chi connectivity index (χ3v) is 4.39. The Labute approximate surface area is 137 Å². The number of halogens is 1. The van der Waals surface area contributed by atoms with Crippen LogP contribution in [-0.2, 0) is 0 Å². The van der Waals surface area contributed by atoms with Crippen LogP contribution in [-0.4, -0.2) is 22.2 Å². The lowest BCUT2D eigenvalue weighted by Crippen LogP contribution is -1.93. The van der Waals surface area contributed by atoms with Gasteiger partial charge in [-0.05, 0) is 30.3 Å². The van der Waals surface area contributed by atoms with E-state index in [1.807, 2.05) is 36.4 Å². The maximum Gasteiger partial charge on any atom is 0.248 e. The van der Waals surface area contributed by atoms with E-state index in [-0.39, 0.29) is 0 Å². The first-order valence-electron chi connectivity index (χ1n) is 6.64. The summed E-state index contributed by atoms with van der Waals surface area (Å²) >= 11 is 7.99. The number of hydrogen-bond acceptors (Lipinski definition) is 5. The highest BCUT2D eigenvalue weighted by atomic mass is 35.5. The summed E-state index contributed by atoms with van der Waals surface area (Å²) in [6, 6.07) is 15.9. The third-order valence-electron chi connectivity index (χ3n) is 2.88. The van der Waals surface area contributed by atoms with Crippen molar-refractivity contribution in [1.29, 1.82) is 0 Å². The molecule has 0 fully saturated rings. The van der Waals surface area contributed by atoms with Gasteiger partial charge in [-0.15, -0.1) is 5.10 Å². The fourth-order valence-electron chi connectivity index (χ4n) is 1.84. The highest BCUT2D eigenvalue weighted by Gasteiger charge is 2.06. The van der Waals surface area contributed by atoms with Gasteiger partial charge in [0.1, 0.15) is 0 Å². The van der Waals surface area contributed by atoms with Gasteiger partial charge in [-0.2, -0.15) is 4.98 Å². The molecule has 0 saturated carbocycles. The minimum atomic E-state index is 0.490. The van der Waals surface area contributed by atoms with Crippen molar-refractivity contribution in [2.75, 3.05) is 17.7 Å². The lowest BCUT2D eigenvalue weighted by atomic mass is 10.3. The molecule has 0 aliphatic carbocycles. The van der Waals surface area contributed by atoms with Crippen LogP contribution in [0.4, 0.5) is 17.6 Å². The summed E-state index contributed by atoms with van der Waals surface area (Å²) in [7, 11) is 1.77. The van der Waals surface area contributed by atoms with E-state index in [0.29, 0.717) is 16.9 Å². The Kier molecular flexibility index (Phi) is 4.50. The number of hydrogen-bond donors (Lipinski definition) is 3. The fourth-order valence-corrected chi connectivity index (χ4v) is 2.97. The molecule has 0 aliphatic heterocycles. The average Bonchev–Trinajstić information content (AvgIpc) is 2.99. The number of rotatable bonds is 5. The van der Waals surface area contributed by atoms with Crippen LogP contribution in [0.3, 0.4) is 0 Å². The zero-order valence-corrected chi connectivity index (χ0v) is 13.4. The number of aromatic nitrogens is 3. The Morgan fingerprint density at radius 1 is 1.14 bits per heavy atom. The Bertz CT molecular complexity index is 760. The van der Waals surface area contributed by atoms with E-state index in [1.165, 1.54) is 0 Å². The molecular formula is C15H14ClN5S. The third kappa shape index (κ3) is 3.52. The van der Waals surface area contributed by atoms with Gasteiger partial charge in [-0.1, -0.05) is 41.6 Å². The minimum absolute atomic E-state index is 0.490. The van der Waals surface area contributed by atoms with Crippen molar-refractivity contribution in [3.63, 3.8) is 0 Å². The molecule has 0 bridgehead atoms. The van der Waals surface area contributed by atoms with Gasteiger partial charge in [0.25, 0.3) is 0 Å². The summed E-state index contributed by atoms with van der Waals surface area (Å²) in [6.07, 6.45) is 0. The smallest absolute Gasteiger partial charge is 0.248 e. The van der Waals surface area contributed by atoms with Crippen molar-refractivity contribution in [2.45, 2.75) is 9.79 Å². The SMILES string of the molecule is CNc1nc(Nc2ccc(Sc3ccccc3)c(Cl)c2)n[nH]1. The summed E-state index contributed by atoms with van der Waals surface area (Å²) in [5, 5.41) is 13.5.